The van der Waals surface area contributed by atoms with Crippen LogP contribution < -0.4 is 11.1 Å². The summed E-state index contributed by atoms with van der Waals surface area (Å²) in [5.74, 6) is -0.124. The summed E-state index contributed by atoms with van der Waals surface area (Å²) in [7, 11) is 1.62. The zero-order valence-electron chi connectivity index (χ0n) is 18.2. The fraction of sp³-hybridized carbons (Fsp3) is 0.455. The number of aldehydes is 1. The van der Waals surface area contributed by atoms with Gasteiger partial charge in [-0.3, -0.25) is 14.6 Å². The molecule has 2 atom stereocenters. The van der Waals surface area contributed by atoms with E-state index in [4.69, 9.17) is 5.73 Å². The van der Waals surface area contributed by atoms with Crippen LogP contribution >= 0.6 is 0 Å². The molecule has 0 aliphatic rings. The van der Waals surface area contributed by atoms with E-state index in [-0.39, 0.29) is 24.3 Å². The van der Waals surface area contributed by atoms with Crippen LogP contribution in [0.5, 0.6) is 0 Å². The molecule has 2 amide bonds. The van der Waals surface area contributed by atoms with Crippen molar-refractivity contribution >= 4 is 23.9 Å². The predicted octanol–water partition coefficient (Wildman–Crippen LogP) is 2.59. The first kappa shape index (κ1) is 24.1. The molecule has 1 rings (SSSR count). The molecule has 7 heteroatoms. The van der Waals surface area contributed by atoms with Gasteiger partial charge in [-0.25, -0.2) is 0 Å². The van der Waals surface area contributed by atoms with E-state index in [0.717, 1.165) is 12.0 Å². The maximum atomic E-state index is 12.5. The summed E-state index contributed by atoms with van der Waals surface area (Å²) in [6.07, 6.45) is 1.59. The van der Waals surface area contributed by atoms with E-state index in [1.807, 2.05) is 26.8 Å². The second-order valence-electron chi connectivity index (χ2n) is 7.24. The van der Waals surface area contributed by atoms with Gasteiger partial charge in [0.15, 0.2) is 0 Å². The number of nitrogens with zero attached hydrogens (tertiary/aromatic N) is 2. The summed E-state index contributed by atoms with van der Waals surface area (Å²) < 4.78 is 0. The second kappa shape index (κ2) is 11.1. The average molecular weight is 401 g/mol. The molecule has 0 saturated carbocycles. The molecule has 0 aliphatic heterocycles. The molecule has 1 aromatic carbocycles. The molecule has 2 unspecified atom stereocenters. The molecule has 29 heavy (non-hydrogen) atoms. The third-order valence-electron chi connectivity index (χ3n) is 4.65. The number of benzene rings is 1. The molecule has 0 bridgehead atoms. The van der Waals surface area contributed by atoms with Crippen LogP contribution in [0.1, 0.15) is 56.5 Å². The van der Waals surface area contributed by atoms with Crippen molar-refractivity contribution in [1.82, 2.24) is 10.2 Å². The maximum absolute atomic E-state index is 12.5. The van der Waals surface area contributed by atoms with Gasteiger partial charge in [-0.1, -0.05) is 24.6 Å². The minimum Gasteiger partial charge on any atom is -0.402 e. The highest BCUT2D eigenvalue weighted by atomic mass is 16.2. The first-order chi connectivity index (χ1) is 13.6. The van der Waals surface area contributed by atoms with Crippen LogP contribution in [0, 0.1) is 6.92 Å². The molecule has 1 aromatic rings. The highest BCUT2D eigenvalue weighted by Gasteiger charge is 2.23. The van der Waals surface area contributed by atoms with Crippen molar-refractivity contribution in [3.8, 4) is 0 Å². The van der Waals surface area contributed by atoms with E-state index in [9.17, 15) is 14.4 Å². The van der Waals surface area contributed by atoms with Crippen LogP contribution in [0.2, 0.25) is 0 Å². The molecule has 7 nitrogen and oxygen atoms in total. The zero-order valence-corrected chi connectivity index (χ0v) is 18.2. The quantitative estimate of drug-likeness (QED) is 0.397. The zero-order chi connectivity index (χ0) is 22.1. The van der Waals surface area contributed by atoms with Gasteiger partial charge in [0.05, 0.1) is 6.04 Å². The fourth-order valence-corrected chi connectivity index (χ4v) is 2.64. The lowest BCUT2D eigenvalue weighted by molar-refractivity contribution is -0.124. The number of hydrogen-bond donors (Lipinski definition) is 2. The van der Waals surface area contributed by atoms with Crippen LogP contribution in [0.25, 0.3) is 0 Å². The fourth-order valence-electron chi connectivity index (χ4n) is 2.64. The van der Waals surface area contributed by atoms with Gasteiger partial charge in [0.25, 0.3) is 5.91 Å². The second-order valence-corrected chi connectivity index (χ2v) is 7.24. The lowest BCUT2D eigenvalue weighted by Crippen LogP contribution is -2.40. The van der Waals surface area contributed by atoms with E-state index in [1.54, 1.807) is 32.2 Å². The minimum atomic E-state index is -0.806. The van der Waals surface area contributed by atoms with Crippen molar-refractivity contribution in [3.05, 3.63) is 46.7 Å². The van der Waals surface area contributed by atoms with Gasteiger partial charge in [0.2, 0.25) is 5.91 Å². The Hall–Kier alpha value is -2.96. The number of nitrogens with two attached hydrogens (primary N) is 1. The number of carbonyl (C=O) groups is 3. The van der Waals surface area contributed by atoms with Crippen LogP contribution in [0.3, 0.4) is 0 Å². The summed E-state index contributed by atoms with van der Waals surface area (Å²) in [5, 5.41) is 2.73. The molecule has 3 N–H and O–H groups in total. The molecule has 0 fully saturated rings. The van der Waals surface area contributed by atoms with Crippen LogP contribution in [-0.4, -0.2) is 48.0 Å². The summed E-state index contributed by atoms with van der Waals surface area (Å²) in [4.78, 5) is 42.3. The summed E-state index contributed by atoms with van der Waals surface area (Å²) >= 11 is 0. The van der Waals surface area contributed by atoms with E-state index in [0.29, 0.717) is 29.0 Å². The van der Waals surface area contributed by atoms with Crippen molar-refractivity contribution in [1.29, 1.82) is 0 Å². The minimum absolute atomic E-state index is 0.0299. The Kier molecular flexibility index (Phi) is 9.25. The molecule has 158 valence electrons. The topological polar surface area (TPSA) is 105 Å². The summed E-state index contributed by atoms with van der Waals surface area (Å²) in [6, 6.07) is 6.28. The number of allylic oxidation sites excluding steroid dienone is 1. The third-order valence-corrected chi connectivity index (χ3v) is 4.65. The van der Waals surface area contributed by atoms with Crippen LogP contribution in [0.15, 0.2) is 40.5 Å². The lowest BCUT2D eigenvalue weighted by atomic mass is 10.0. The van der Waals surface area contributed by atoms with E-state index in [1.165, 1.54) is 11.8 Å². The monoisotopic (exact) mass is 400 g/mol. The van der Waals surface area contributed by atoms with Gasteiger partial charge in [-0.15, -0.1) is 0 Å². The van der Waals surface area contributed by atoms with Crippen molar-refractivity contribution in [2.75, 3.05) is 7.05 Å². The Balaban J connectivity index is 3.17. The molecule has 0 heterocycles. The smallest absolute Gasteiger partial charge is 0.251 e. The Morgan fingerprint density at radius 3 is 2.45 bits per heavy atom. The van der Waals surface area contributed by atoms with Crippen LogP contribution in [-0.2, 0) is 9.59 Å². The van der Waals surface area contributed by atoms with Gasteiger partial charge in [0, 0.05) is 43.3 Å². The molecule has 0 saturated heterocycles. The number of amidine groups is 1. The molecule has 0 aliphatic carbocycles. The normalized spacial score (nSPS) is 14.5. The average Bonchev–Trinajstić information content (AvgIpc) is 2.68. The van der Waals surface area contributed by atoms with Crippen molar-refractivity contribution in [2.45, 2.75) is 59.5 Å². The van der Waals surface area contributed by atoms with Crippen LogP contribution in [0.4, 0.5) is 0 Å². The molecular formula is C22H32N4O3. The lowest BCUT2D eigenvalue weighted by Gasteiger charge is -2.24. The number of carbonyl (C=O) groups excluding carboxylic acids is 3. The largest absolute Gasteiger partial charge is 0.402 e. The molecule has 0 spiro atoms. The predicted molar refractivity (Wildman–Crippen MR) is 116 cm³/mol. The van der Waals surface area contributed by atoms with E-state index >= 15 is 0 Å². The third kappa shape index (κ3) is 7.18. The number of aliphatic imine (C=N–C) groups is 1. The molecular weight excluding hydrogens is 368 g/mol. The number of likely N-dealkylation sites (N-methyl/N-ethyl adjacent to an activating group) is 1. The molecule has 0 radical (unpaired) electrons. The van der Waals surface area contributed by atoms with Gasteiger partial charge in [0.1, 0.15) is 12.1 Å². The first-order valence-corrected chi connectivity index (χ1v) is 9.71. The van der Waals surface area contributed by atoms with E-state index in [2.05, 4.69) is 10.3 Å². The number of rotatable bonds is 8. The number of nitrogens with one attached hydrogen (secondary N) is 1. The van der Waals surface area contributed by atoms with Gasteiger partial charge >= 0.3 is 0 Å². The number of hydrogen-bond acceptors (Lipinski definition) is 5. The highest BCUT2D eigenvalue weighted by Crippen LogP contribution is 2.16. The van der Waals surface area contributed by atoms with Gasteiger partial charge in [-0.2, -0.15) is 0 Å². The Labute approximate surface area is 173 Å². The van der Waals surface area contributed by atoms with Crippen molar-refractivity contribution in [3.63, 3.8) is 0 Å². The maximum Gasteiger partial charge on any atom is 0.251 e. The Morgan fingerprint density at radius 1 is 1.31 bits per heavy atom. The summed E-state index contributed by atoms with van der Waals surface area (Å²) in [5.41, 5.74) is 8.51. The number of amides is 2. The van der Waals surface area contributed by atoms with E-state index < -0.39 is 6.04 Å². The standard InChI is InChI=1S/C22H32N4O3/c1-7-15(3)24-21(26(6)17(5)28)20(16(4)23)12-19(13-27)25-22(29)18-10-8-9-14(2)11-18/h8-11,13,15,19H,7,12,23H2,1-6H3,(H,25,29)/b20-16-,24-21?. The first-order valence-electron chi connectivity index (χ1n) is 9.71. The SMILES string of the molecule is CCC(C)N=C(/C(CC(C=O)NC(=O)c1cccc(C)c1)=C(/C)N)N(C)C(C)=O. The highest BCUT2D eigenvalue weighted by molar-refractivity contribution is 6.07. The Morgan fingerprint density at radius 2 is 1.97 bits per heavy atom. The number of aryl methyl sites for hydroxylation is 1. The Bertz CT molecular complexity index is 810. The van der Waals surface area contributed by atoms with Gasteiger partial charge < -0.3 is 20.7 Å². The van der Waals surface area contributed by atoms with Gasteiger partial charge in [-0.05, 0) is 39.3 Å². The van der Waals surface area contributed by atoms with Crippen molar-refractivity contribution in [2.24, 2.45) is 10.7 Å². The van der Waals surface area contributed by atoms with Crippen molar-refractivity contribution < 1.29 is 14.4 Å². The molecule has 0 aromatic heterocycles. The summed E-state index contributed by atoms with van der Waals surface area (Å²) in [6.45, 7) is 8.95.